The molecule has 1 saturated heterocycles. The van der Waals surface area contributed by atoms with Crippen LogP contribution in [0.2, 0.25) is 0 Å². The fraction of sp³-hybridized carbons (Fsp3) is 0.615. The Morgan fingerprint density at radius 1 is 1.41 bits per heavy atom. The number of likely N-dealkylation sites (tertiary alicyclic amines) is 1. The summed E-state index contributed by atoms with van der Waals surface area (Å²) >= 11 is 1.71. The minimum atomic E-state index is 0.260. The fourth-order valence-corrected chi connectivity index (χ4v) is 3.07. The van der Waals surface area contributed by atoms with Gasteiger partial charge in [-0.2, -0.15) is 11.3 Å². The second-order valence-corrected chi connectivity index (χ2v) is 5.75. The van der Waals surface area contributed by atoms with Crippen molar-refractivity contribution >= 4 is 17.4 Å². The molecule has 1 aliphatic heterocycles. The number of carbonyl (C=O) groups is 1. The second kappa shape index (κ2) is 4.69. The minimum Gasteiger partial charge on any atom is -0.325 e. The lowest BCUT2D eigenvalue weighted by Gasteiger charge is -2.27. The zero-order valence-corrected chi connectivity index (χ0v) is 10.8. The highest BCUT2D eigenvalue weighted by Crippen LogP contribution is 2.30. The van der Waals surface area contributed by atoms with Crippen LogP contribution in [0.15, 0.2) is 16.8 Å². The van der Waals surface area contributed by atoms with Gasteiger partial charge in [-0.15, -0.1) is 0 Å². The SMILES string of the molecule is O=C(N1CCCC1)N(Cc1ccsc1)C1CC1. The molecule has 1 aromatic rings. The van der Waals surface area contributed by atoms with Crippen LogP contribution in [-0.4, -0.2) is 35.0 Å². The zero-order valence-electron chi connectivity index (χ0n) is 9.97. The monoisotopic (exact) mass is 250 g/mol. The first-order valence-corrected chi connectivity index (χ1v) is 7.35. The topological polar surface area (TPSA) is 23.6 Å². The molecule has 0 unspecified atom stereocenters. The Hall–Kier alpha value is -1.03. The maximum Gasteiger partial charge on any atom is 0.320 e. The summed E-state index contributed by atoms with van der Waals surface area (Å²) in [6.07, 6.45) is 4.71. The van der Waals surface area contributed by atoms with Gasteiger partial charge in [0.1, 0.15) is 0 Å². The summed E-state index contributed by atoms with van der Waals surface area (Å²) < 4.78 is 0. The molecule has 0 spiro atoms. The zero-order chi connectivity index (χ0) is 11.7. The standard InChI is InChI=1S/C13H18N2OS/c16-13(14-6-1-2-7-14)15(12-3-4-12)9-11-5-8-17-10-11/h5,8,10,12H,1-4,6-7,9H2. The first kappa shape index (κ1) is 11.1. The molecular formula is C13H18N2OS. The van der Waals surface area contributed by atoms with Crippen LogP contribution in [0.5, 0.6) is 0 Å². The highest BCUT2D eigenvalue weighted by atomic mass is 32.1. The normalized spacial score (nSPS) is 19.6. The molecule has 1 aliphatic carbocycles. The van der Waals surface area contributed by atoms with Gasteiger partial charge < -0.3 is 9.80 Å². The third kappa shape index (κ3) is 2.46. The largest absolute Gasteiger partial charge is 0.325 e. The second-order valence-electron chi connectivity index (χ2n) is 4.97. The Labute approximate surface area is 106 Å². The molecular weight excluding hydrogens is 232 g/mol. The molecule has 0 bridgehead atoms. The summed E-state index contributed by atoms with van der Waals surface area (Å²) in [5, 5.41) is 4.23. The summed E-state index contributed by atoms with van der Waals surface area (Å²) in [4.78, 5) is 16.5. The van der Waals surface area contributed by atoms with Crippen LogP contribution in [-0.2, 0) is 6.54 Å². The Morgan fingerprint density at radius 3 is 2.76 bits per heavy atom. The van der Waals surface area contributed by atoms with Crippen molar-refractivity contribution in [3.05, 3.63) is 22.4 Å². The van der Waals surface area contributed by atoms with Crippen LogP contribution >= 0.6 is 11.3 Å². The van der Waals surface area contributed by atoms with Gasteiger partial charge in [0, 0.05) is 25.7 Å². The van der Waals surface area contributed by atoms with E-state index < -0.39 is 0 Å². The van der Waals surface area contributed by atoms with E-state index in [2.05, 4.69) is 21.7 Å². The highest BCUT2D eigenvalue weighted by molar-refractivity contribution is 7.07. The number of rotatable bonds is 3. The molecule has 2 fully saturated rings. The van der Waals surface area contributed by atoms with E-state index in [1.807, 2.05) is 4.90 Å². The number of hydrogen-bond donors (Lipinski definition) is 0. The first-order chi connectivity index (χ1) is 8.34. The summed E-state index contributed by atoms with van der Waals surface area (Å²) in [7, 11) is 0. The average molecular weight is 250 g/mol. The smallest absolute Gasteiger partial charge is 0.320 e. The summed E-state index contributed by atoms with van der Waals surface area (Å²) in [6, 6.07) is 2.89. The van der Waals surface area contributed by atoms with Crippen LogP contribution in [0.1, 0.15) is 31.2 Å². The van der Waals surface area contributed by atoms with Gasteiger partial charge in [-0.05, 0) is 48.1 Å². The number of amides is 2. The quantitative estimate of drug-likeness (QED) is 0.809. The maximum atomic E-state index is 12.4. The van der Waals surface area contributed by atoms with E-state index in [1.165, 1.54) is 31.2 Å². The summed E-state index contributed by atoms with van der Waals surface area (Å²) in [6.45, 7) is 2.70. The average Bonchev–Trinajstić information content (AvgIpc) is 2.86. The molecule has 0 atom stereocenters. The van der Waals surface area contributed by atoms with Crippen molar-refractivity contribution in [1.82, 2.24) is 9.80 Å². The number of nitrogens with zero attached hydrogens (tertiary/aromatic N) is 2. The van der Waals surface area contributed by atoms with Crippen LogP contribution < -0.4 is 0 Å². The van der Waals surface area contributed by atoms with Crippen LogP contribution in [0.3, 0.4) is 0 Å². The Morgan fingerprint density at radius 2 is 2.18 bits per heavy atom. The van der Waals surface area contributed by atoms with E-state index >= 15 is 0 Å². The summed E-state index contributed by atoms with van der Waals surface area (Å²) in [5.74, 6) is 0. The molecule has 92 valence electrons. The van der Waals surface area contributed by atoms with E-state index in [9.17, 15) is 4.79 Å². The van der Waals surface area contributed by atoms with Crippen molar-refractivity contribution in [2.45, 2.75) is 38.3 Å². The molecule has 3 nitrogen and oxygen atoms in total. The lowest BCUT2D eigenvalue weighted by molar-refractivity contribution is 0.156. The van der Waals surface area contributed by atoms with Crippen molar-refractivity contribution in [1.29, 1.82) is 0 Å². The van der Waals surface area contributed by atoms with Gasteiger partial charge >= 0.3 is 6.03 Å². The van der Waals surface area contributed by atoms with Gasteiger partial charge in [0.25, 0.3) is 0 Å². The predicted octanol–water partition coefficient (Wildman–Crippen LogP) is 2.93. The molecule has 0 N–H and O–H groups in total. The van der Waals surface area contributed by atoms with E-state index in [0.717, 1.165) is 19.6 Å². The van der Waals surface area contributed by atoms with Crippen molar-refractivity contribution in [3.63, 3.8) is 0 Å². The van der Waals surface area contributed by atoms with Gasteiger partial charge in [0.2, 0.25) is 0 Å². The molecule has 0 radical (unpaired) electrons. The third-order valence-electron chi connectivity index (χ3n) is 3.54. The Bertz CT molecular complexity index is 380. The van der Waals surface area contributed by atoms with Gasteiger partial charge in [0.15, 0.2) is 0 Å². The van der Waals surface area contributed by atoms with E-state index in [4.69, 9.17) is 0 Å². The number of thiophene rings is 1. The lowest BCUT2D eigenvalue weighted by atomic mass is 10.3. The van der Waals surface area contributed by atoms with Gasteiger partial charge in [-0.1, -0.05) is 0 Å². The first-order valence-electron chi connectivity index (χ1n) is 6.41. The molecule has 0 aromatic carbocycles. The number of carbonyl (C=O) groups excluding carboxylic acids is 1. The maximum absolute atomic E-state index is 12.4. The molecule has 3 rings (SSSR count). The van der Waals surface area contributed by atoms with E-state index in [1.54, 1.807) is 11.3 Å². The minimum absolute atomic E-state index is 0.260. The van der Waals surface area contributed by atoms with Gasteiger partial charge in [0.05, 0.1) is 0 Å². The van der Waals surface area contributed by atoms with Crippen LogP contribution in [0, 0.1) is 0 Å². The third-order valence-corrected chi connectivity index (χ3v) is 4.27. The van der Waals surface area contributed by atoms with Crippen molar-refractivity contribution in [2.75, 3.05) is 13.1 Å². The van der Waals surface area contributed by atoms with E-state index in [0.29, 0.717) is 6.04 Å². The predicted molar refractivity (Wildman–Crippen MR) is 69.1 cm³/mol. The van der Waals surface area contributed by atoms with Gasteiger partial charge in [-0.3, -0.25) is 0 Å². The molecule has 2 aliphatic rings. The fourth-order valence-electron chi connectivity index (χ4n) is 2.41. The van der Waals surface area contributed by atoms with Crippen molar-refractivity contribution in [3.8, 4) is 0 Å². The molecule has 17 heavy (non-hydrogen) atoms. The van der Waals surface area contributed by atoms with Crippen molar-refractivity contribution < 1.29 is 4.79 Å². The van der Waals surface area contributed by atoms with Crippen LogP contribution in [0.25, 0.3) is 0 Å². The molecule has 1 saturated carbocycles. The van der Waals surface area contributed by atoms with Gasteiger partial charge in [-0.25, -0.2) is 4.79 Å². The molecule has 2 heterocycles. The Balaban J connectivity index is 1.68. The molecule has 2 amide bonds. The molecule has 1 aromatic heterocycles. The number of hydrogen-bond acceptors (Lipinski definition) is 2. The van der Waals surface area contributed by atoms with Crippen LogP contribution in [0.4, 0.5) is 4.79 Å². The lowest BCUT2D eigenvalue weighted by Crippen LogP contribution is -2.42. The van der Waals surface area contributed by atoms with E-state index in [-0.39, 0.29) is 6.03 Å². The Kier molecular flexibility index (Phi) is 3.05. The number of urea groups is 1. The summed E-state index contributed by atoms with van der Waals surface area (Å²) in [5.41, 5.74) is 1.27. The van der Waals surface area contributed by atoms with Crippen molar-refractivity contribution in [2.24, 2.45) is 0 Å². The highest BCUT2D eigenvalue weighted by Gasteiger charge is 2.35. The molecule has 4 heteroatoms.